The summed E-state index contributed by atoms with van der Waals surface area (Å²) in [6.45, 7) is 5.62. The van der Waals surface area contributed by atoms with Crippen molar-refractivity contribution in [2.75, 3.05) is 38.3 Å². The molecule has 1 saturated heterocycles. The summed E-state index contributed by atoms with van der Waals surface area (Å²) in [5.74, 6) is 0.528. The van der Waals surface area contributed by atoms with E-state index in [1.807, 2.05) is 25.1 Å². The molecule has 0 atom stereocenters. The zero-order valence-corrected chi connectivity index (χ0v) is 20.0. The van der Waals surface area contributed by atoms with E-state index < -0.39 is 0 Å². The molecule has 0 radical (unpaired) electrons. The van der Waals surface area contributed by atoms with Crippen LogP contribution >= 0.6 is 0 Å². The van der Waals surface area contributed by atoms with Gasteiger partial charge in [-0.15, -0.1) is 0 Å². The molecule has 3 aromatic carbocycles. The number of carbonyl (C=O) groups excluding carboxylic acids is 1. The van der Waals surface area contributed by atoms with Crippen molar-refractivity contribution in [3.8, 4) is 5.69 Å². The number of benzene rings is 3. The van der Waals surface area contributed by atoms with Crippen molar-refractivity contribution < 1.29 is 9.53 Å². The summed E-state index contributed by atoms with van der Waals surface area (Å²) in [5.41, 5.74) is 4.06. The van der Waals surface area contributed by atoms with Gasteiger partial charge in [-0.25, -0.2) is 4.98 Å². The molecular weight excluding hydrogens is 440 g/mol. The van der Waals surface area contributed by atoms with Gasteiger partial charge in [-0.2, -0.15) is 0 Å². The number of anilines is 1. The van der Waals surface area contributed by atoms with E-state index in [-0.39, 0.29) is 11.5 Å². The minimum atomic E-state index is -0.121. The van der Waals surface area contributed by atoms with Gasteiger partial charge in [0, 0.05) is 37.9 Å². The third-order valence-corrected chi connectivity index (χ3v) is 6.39. The lowest BCUT2D eigenvalue weighted by atomic mass is 10.1. The van der Waals surface area contributed by atoms with Crippen molar-refractivity contribution >= 4 is 22.5 Å². The molecule has 5 rings (SSSR count). The van der Waals surface area contributed by atoms with Gasteiger partial charge in [0.2, 0.25) is 0 Å². The van der Waals surface area contributed by atoms with E-state index in [1.54, 1.807) is 46.8 Å². The van der Waals surface area contributed by atoms with E-state index in [0.717, 1.165) is 31.9 Å². The Bertz CT molecular complexity index is 1410. The Morgan fingerprint density at radius 3 is 2.31 bits per heavy atom. The van der Waals surface area contributed by atoms with Crippen LogP contribution in [-0.2, 0) is 11.3 Å². The third-order valence-electron chi connectivity index (χ3n) is 6.39. The van der Waals surface area contributed by atoms with Gasteiger partial charge in [0.1, 0.15) is 5.82 Å². The van der Waals surface area contributed by atoms with Crippen LogP contribution in [0.2, 0.25) is 0 Å². The maximum Gasteiger partial charge on any atom is 0.265 e. The van der Waals surface area contributed by atoms with Gasteiger partial charge < -0.3 is 14.5 Å². The summed E-state index contributed by atoms with van der Waals surface area (Å²) < 4.78 is 7.00. The van der Waals surface area contributed by atoms with Crippen LogP contribution in [-0.4, -0.2) is 53.7 Å². The van der Waals surface area contributed by atoms with Gasteiger partial charge in [0.15, 0.2) is 0 Å². The molecule has 0 saturated carbocycles. The van der Waals surface area contributed by atoms with Crippen molar-refractivity contribution in [3.63, 3.8) is 0 Å². The van der Waals surface area contributed by atoms with Gasteiger partial charge in [-0.05, 0) is 61.0 Å². The fraction of sp³-hybridized carbons (Fsp3) is 0.250. The predicted octanol–water partition coefficient (Wildman–Crippen LogP) is 3.80. The number of morpholine rings is 1. The van der Waals surface area contributed by atoms with Crippen molar-refractivity contribution in [2.45, 2.75) is 13.5 Å². The number of hydrogen-bond donors (Lipinski definition) is 0. The van der Waals surface area contributed by atoms with Gasteiger partial charge in [0.05, 0.1) is 29.8 Å². The Labute approximate surface area is 204 Å². The first-order valence-corrected chi connectivity index (χ1v) is 11.8. The van der Waals surface area contributed by atoms with Crippen LogP contribution in [0, 0.1) is 6.92 Å². The van der Waals surface area contributed by atoms with Crippen molar-refractivity contribution in [2.24, 2.45) is 0 Å². The average molecular weight is 469 g/mol. The molecular formula is C28H28N4O3. The number of hydrogen-bond acceptors (Lipinski definition) is 5. The first kappa shape index (κ1) is 22.8. The Morgan fingerprint density at radius 1 is 0.943 bits per heavy atom. The summed E-state index contributed by atoms with van der Waals surface area (Å²) in [6, 6.07) is 22.8. The number of ether oxygens (including phenoxy) is 1. The quantitative estimate of drug-likeness (QED) is 0.446. The molecule has 0 N–H and O–H groups in total. The van der Waals surface area contributed by atoms with E-state index in [2.05, 4.69) is 34.1 Å². The Balaban J connectivity index is 1.30. The monoisotopic (exact) mass is 468 g/mol. The molecule has 1 fully saturated rings. The number of rotatable bonds is 5. The fourth-order valence-electron chi connectivity index (χ4n) is 4.50. The standard InChI is InChI=1S/C28H28N4O3/c1-20-29-26-6-4-3-5-25(26)28(34)32(20)24-13-9-22(10-14-24)27(33)30(2)19-21-7-11-23(12-8-21)31-15-17-35-18-16-31/h3-14H,15-19H2,1-2H3. The highest BCUT2D eigenvalue weighted by atomic mass is 16.5. The summed E-state index contributed by atoms with van der Waals surface area (Å²) in [7, 11) is 1.80. The molecule has 7 heteroatoms. The van der Waals surface area contributed by atoms with Gasteiger partial charge in [0.25, 0.3) is 11.5 Å². The molecule has 0 bridgehead atoms. The number of aryl methyl sites for hydroxylation is 1. The van der Waals surface area contributed by atoms with Crippen LogP contribution < -0.4 is 10.5 Å². The first-order valence-electron chi connectivity index (χ1n) is 11.8. The van der Waals surface area contributed by atoms with E-state index in [0.29, 0.717) is 34.5 Å². The third kappa shape index (κ3) is 4.68. The highest BCUT2D eigenvalue weighted by Gasteiger charge is 2.15. The summed E-state index contributed by atoms with van der Waals surface area (Å²) >= 11 is 0. The molecule has 1 aliphatic heterocycles. The average Bonchev–Trinajstić information content (AvgIpc) is 2.89. The normalized spacial score (nSPS) is 13.7. The topological polar surface area (TPSA) is 67.7 Å². The summed E-state index contributed by atoms with van der Waals surface area (Å²) in [5, 5.41) is 0.567. The SMILES string of the molecule is Cc1nc2ccccc2c(=O)n1-c1ccc(C(=O)N(C)Cc2ccc(N3CCOCC3)cc2)cc1. The van der Waals surface area contributed by atoms with Gasteiger partial charge in [-0.1, -0.05) is 24.3 Å². The second kappa shape index (κ2) is 9.72. The van der Waals surface area contributed by atoms with E-state index in [1.165, 1.54) is 5.69 Å². The maximum absolute atomic E-state index is 13.0. The lowest BCUT2D eigenvalue weighted by molar-refractivity contribution is 0.0785. The first-order chi connectivity index (χ1) is 17.0. The van der Waals surface area contributed by atoms with Crippen LogP contribution in [0.4, 0.5) is 5.69 Å². The number of nitrogens with zero attached hydrogens (tertiary/aromatic N) is 4. The highest BCUT2D eigenvalue weighted by Crippen LogP contribution is 2.19. The van der Waals surface area contributed by atoms with Crippen molar-refractivity contribution in [1.82, 2.24) is 14.5 Å². The van der Waals surface area contributed by atoms with Gasteiger partial charge in [-0.3, -0.25) is 14.2 Å². The van der Waals surface area contributed by atoms with Crippen molar-refractivity contribution in [3.05, 3.63) is 100 Å². The van der Waals surface area contributed by atoms with E-state index in [4.69, 9.17) is 4.74 Å². The summed E-state index contributed by atoms with van der Waals surface area (Å²) in [6.07, 6.45) is 0. The predicted molar refractivity (Wildman–Crippen MR) is 137 cm³/mol. The van der Waals surface area contributed by atoms with Gasteiger partial charge >= 0.3 is 0 Å². The zero-order chi connectivity index (χ0) is 24.4. The number of fused-ring (bicyclic) bond motifs is 1. The van der Waals surface area contributed by atoms with Crippen LogP contribution in [0.25, 0.3) is 16.6 Å². The molecule has 35 heavy (non-hydrogen) atoms. The maximum atomic E-state index is 13.0. The van der Waals surface area contributed by atoms with Crippen molar-refractivity contribution in [1.29, 1.82) is 0 Å². The molecule has 178 valence electrons. The molecule has 1 amide bonds. The second-order valence-electron chi connectivity index (χ2n) is 8.79. The molecule has 2 heterocycles. The Kier molecular flexibility index (Phi) is 6.33. The second-order valence-corrected chi connectivity index (χ2v) is 8.79. The lowest BCUT2D eigenvalue weighted by Gasteiger charge is -2.29. The number of carbonyl (C=O) groups is 1. The summed E-state index contributed by atoms with van der Waals surface area (Å²) in [4.78, 5) is 34.7. The largest absolute Gasteiger partial charge is 0.378 e. The lowest BCUT2D eigenvalue weighted by Crippen LogP contribution is -2.36. The smallest absolute Gasteiger partial charge is 0.265 e. The van der Waals surface area contributed by atoms with Crippen LogP contribution in [0.15, 0.2) is 77.6 Å². The van der Waals surface area contributed by atoms with E-state index >= 15 is 0 Å². The molecule has 1 aliphatic rings. The Morgan fingerprint density at radius 2 is 1.60 bits per heavy atom. The van der Waals surface area contributed by atoms with Crippen LogP contribution in [0.3, 0.4) is 0 Å². The highest BCUT2D eigenvalue weighted by molar-refractivity contribution is 5.94. The molecule has 0 aliphatic carbocycles. The van der Waals surface area contributed by atoms with Crippen LogP contribution in [0.5, 0.6) is 0 Å². The fourth-order valence-corrected chi connectivity index (χ4v) is 4.50. The van der Waals surface area contributed by atoms with Crippen LogP contribution in [0.1, 0.15) is 21.7 Å². The van der Waals surface area contributed by atoms with E-state index in [9.17, 15) is 9.59 Å². The molecule has 0 unspecified atom stereocenters. The Hall–Kier alpha value is -3.97. The number of aromatic nitrogens is 2. The number of para-hydroxylation sites is 1. The minimum Gasteiger partial charge on any atom is -0.378 e. The molecule has 1 aromatic heterocycles. The minimum absolute atomic E-state index is 0.0745. The zero-order valence-electron chi connectivity index (χ0n) is 20.0. The molecule has 7 nitrogen and oxygen atoms in total. The molecule has 4 aromatic rings. The molecule has 0 spiro atoms. The number of amides is 1.